The van der Waals surface area contributed by atoms with Gasteiger partial charge in [-0.05, 0) is 24.3 Å². The van der Waals surface area contributed by atoms with Crippen LogP contribution in [0.4, 0.5) is 5.69 Å². The zero-order chi connectivity index (χ0) is 19.7. The molecule has 4 rings (SSSR count). The molecular weight excluding hydrogens is 368 g/mol. The van der Waals surface area contributed by atoms with Gasteiger partial charge in [0.15, 0.2) is 0 Å². The zero-order valence-electron chi connectivity index (χ0n) is 14.4. The molecule has 0 saturated heterocycles. The Kier molecular flexibility index (Phi) is 4.36. The van der Waals surface area contributed by atoms with Gasteiger partial charge in [-0.3, -0.25) is 24.3 Å². The lowest BCUT2D eigenvalue weighted by Gasteiger charge is -2.20. The lowest BCUT2D eigenvalue weighted by Crippen LogP contribution is -2.33. The topological polar surface area (TPSA) is 124 Å². The highest BCUT2D eigenvalue weighted by Crippen LogP contribution is 2.33. The third kappa shape index (κ3) is 3.22. The Morgan fingerprint density at radius 2 is 2.00 bits per heavy atom. The summed E-state index contributed by atoms with van der Waals surface area (Å²) in [5, 5.41) is 16.5. The molecule has 0 radical (unpaired) electrons. The molecule has 0 saturated carbocycles. The minimum absolute atomic E-state index is 0.281. The largest absolute Gasteiger partial charge is 0.467 e. The average Bonchev–Trinajstić information content (AvgIpc) is 3.42. The number of pyridine rings is 1. The van der Waals surface area contributed by atoms with E-state index in [9.17, 15) is 19.7 Å². The van der Waals surface area contributed by atoms with Gasteiger partial charge in [0.1, 0.15) is 29.8 Å². The molecule has 142 valence electrons. The van der Waals surface area contributed by atoms with Crippen molar-refractivity contribution in [2.75, 3.05) is 0 Å². The summed E-state index contributed by atoms with van der Waals surface area (Å²) >= 11 is 0. The Morgan fingerprint density at radius 3 is 2.68 bits per heavy atom. The van der Waals surface area contributed by atoms with Crippen LogP contribution < -0.4 is 5.56 Å². The van der Waals surface area contributed by atoms with Gasteiger partial charge in [-0.1, -0.05) is 0 Å². The van der Waals surface area contributed by atoms with Crippen LogP contribution in [0.2, 0.25) is 0 Å². The van der Waals surface area contributed by atoms with E-state index in [1.54, 1.807) is 24.3 Å². The van der Waals surface area contributed by atoms with Crippen LogP contribution in [0, 0.1) is 10.1 Å². The number of hydrogen-bond donors (Lipinski definition) is 0. The van der Waals surface area contributed by atoms with Crippen LogP contribution in [-0.4, -0.2) is 26.1 Å². The van der Waals surface area contributed by atoms with Gasteiger partial charge in [-0.25, -0.2) is 5.01 Å². The van der Waals surface area contributed by atoms with Crippen LogP contribution in [-0.2, 0) is 11.3 Å². The fourth-order valence-corrected chi connectivity index (χ4v) is 3.00. The van der Waals surface area contributed by atoms with Crippen molar-refractivity contribution in [3.05, 3.63) is 87.1 Å². The number of aromatic nitrogens is 1. The summed E-state index contributed by atoms with van der Waals surface area (Å²) in [7, 11) is 0. The maximum Gasteiger partial charge on any atom is 0.285 e. The molecule has 4 heterocycles. The summed E-state index contributed by atoms with van der Waals surface area (Å²) in [5.74, 6) is 0.551. The Balaban J connectivity index is 1.65. The Bertz CT molecular complexity index is 1100. The van der Waals surface area contributed by atoms with Crippen LogP contribution in [0.3, 0.4) is 0 Å². The van der Waals surface area contributed by atoms with Gasteiger partial charge in [-0.2, -0.15) is 5.10 Å². The van der Waals surface area contributed by atoms with Gasteiger partial charge < -0.3 is 8.83 Å². The third-order valence-corrected chi connectivity index (χ3v) is 4.33. The summed E-state index contributed by atoms with van der Waals surface area (Å²) in [6.45, 7) is -0.396. The van der Waals surface area contributed by atoms with Crippen LogP contribution in [0.15, 0.2) is 73.9 Å². The molecule has 28 heavy (non-hydrogen) atoms. The number of amides is 1. The van der Waals surface area contributed by atoms with Crippen molar-refractivity contribution in [1.82, 2.24) is 9.58 Å². The fourth-order valence-electron chi connectivity index (χ4n) is 3.00. The van der Waals surface area contributed by atoms with Crippen molar-refractivity contribution in [3.63, 3.8) is 0 Å². The molecule has 0 spiro atoms. The first-order chi connectivity index (χ1) is 13.5. The number of carbonyl (C=O) groups is 1. The average molecular weight is 382 g/mol. The SMILES string of the molecule is O=C(Cn1cc([N+](=O)[O-])ccc1=O)N1N=C(c2ccco2)CC1c1ccco1. The maximum atomic E-state index is 12.9. The summed E-state index contributed by atoms with van der Waals surface area (Å²) in [6.07, 6.45) is 4.41. The molecular formula is C18H14N4O6. The second kappa shape index (κ2) is 6.99. The molecule has 0 aromatic carbocycles. The van der Waals surface area contributed by atoms with E-state index in [1.807, 2.05) is 0 Å². The van der Waals surface area contributed by atoms with Gasteiger partial charge in [0.25, 0.3) is 17.2 Å². The summed E-state index contributed by atoms with van der Waals surface area (Å²) in [5.41, 5.74) is -0.245. The minimum Gasteiger partial charge on any atom is -0.467 e. The molecule has 3 aromatic heterocycles. The van der Waals surface area contributed by atoms with Crippen molar-refractivity contribution < 1.29 is 18.6 Å². The number of hydrazone groups is 1. The van der Waals surface area contributed by atoms with Crippen molar-refractivity contribution in [2.45, 2.75) is 19.0 Å². The molecule has 0 bridgehead atoms. The zero-order valence-corrected chi connectivity index (χ0v) is 14.4. The van der Waals surface area contributed by atoms with E-state index >= 15 is 0 Å². The van der Waals surface area contributed by atoms with E-state index in [0.29, 0.717) is 23.7 Å². The Labute approximate surface area is 157 Å². The summed E-state index contributed by atoms with van der Waals surface area (Å²) < 4.78 is 11.8. The van der Waals surface area contributed by atoms with Crippen LogP contribution in [0.25, 0.3) is 0 Å². The minimum atomic E-state index is -0.630. The van der Waals surface area contributed by atoms with Gasteiger partial charge in [0.05, 0.1) is 23.6 Å². The van der Waals surface area contributed by atoms with Crippen molar-refractivity contribution in [2.24, 2.45) is 5.10 Å². The Morgan fingerprint density at radius 1 is 1.21 bits per heavy atom. The van der Waals surface area contributed by atoms with E-state index in [0.717, 1.165) is 22.9 Å². The molecule has 10 heteroatoms. The maximum absolute atomic E-state index is 12.9. The van der Waals surface area contributed by atoms with Gasteiger partial charge in [-0.15, -0.1) is 0 Å². The molecule has 1 atom stereocenters. The molecule has 1 amide bonds. The van der Waals surface area contributed by atoms with Crippen molar-refractivity contribution in [1.29, 1.82) is 0 Å². The third-order valence-electron chi connectivity index (χ3n) is 4.33. The number of hydrogen-bond acceptors (Lipinski definition) is 7. The van der Waals surface area contributed by atoms with E-state index in [-0.39, 0.29) is 5.69 Å². The fraction of sp³-hybridized carbons (Fsp3) is 0.167. The van der Waals surface area contributed by atoms with E-state index < -0.39 is 29.0 Å². The number of carbonyl (C=O) groups excluding carboxylic acids is 1. The first-order valence-electron chi connectivity index (χ1n) is 8.34. The van der Waals surface area contributed by atoms with E-state index in [2.05, 4.69) is 5.10 Å². The number of furan rings is 2. The van der Waals surface area contributed by atoms with Gasteiger partial charge >= 0.3 is 0 Å². The number of nitrogens with zero attached hydrogens (tertiary/aromatic N) is 4. The lowest BCUT2D eigenvalue weighted by molar-refractivity contribution is -0.385. The number of nitro groups is 1. The summed E-state index contributed by atoms with van der Waals surface area (Å²) in [4.78, 5) is 35.2. The molecule has 3 aromatic rings. The highest BCUT2D eigenvalue weighted by molar-refractivity contribution is 6.01. The predicted molar refractivity (Wildman–Crippen MR) is 95.5 cm³/mol. The molecule has 1 unspecified atom stereocenters. The summed E-state index contributed by atoms with van der Waals surface area (Å²) in [6, 6.07) is 8.52. The smallest absolute Gasteiger partial charge is 0.285 e. The highest BCUT2D eigenvalue weighted by Gasteiger charge is 2.35. The van der Waals surface area contributed by atoms with Crippen molar-refractivity contribution in [3.8, 4) is 0 Å². The molecule has 1 aliphatic heterocycles. The highest BCUT2D eigenvalue weighted by atomic mass is 16.6. The van der Waals surface area contributed by atoms with Gasteiger partial charge in [0, 0.05) is 18.6 Å². The molecule has 0 fully saturated rings. The molecule has 1 aliphatic rings. The first-order valence-corrected chi connectivity index (χ1v) is 8.34. The van der Waals surface area contributed by atoms with Crippen LogP contribution in [0.5, 0.6) is 0 Å². The first kappa shape index (κ1) is 17.5. The molecule has 0 N–H and O–H groups in total. The van der Waals surface area contributed by atoms with E-state index in [4.69, 9.17) is 8.83 Å². The second-order valence-electron chi connectivity index (χ2n) is 6.11. The van der Waals surface area contributed by atoms with Gasteiger partial charge in [0.2, 0.25) is 0 Å². The van der Waals surface area contributed by atoms with E-state index in [1.165, 1.54) is 17.5 Å². The number of rotatable bonds is 5. The normalized spacial score (nSPS) is 16.2. The lowest BCUT2D eigenvalue weighted by atomic mass is 10.1. The van der Waals surface area contributed by atoms with Crippen LogP contribution in [0.1, 0.15) is 24.0 Å². The predicted octanol–water partition coefficient (Wildman–Crippen LogP) is 2.32. The second-order valence-corrected chi connectivity index (χ2v) is 6.11. The Hall–Kier alpha value is -3.95. The van der Waals surface area contributed by atoms with Crippen LogP contribution >= 0.6 is 0 Å². The standard InChI is InChI=1S/C18H14N4O6/c23-17-6-5-12(22(25)26)10-20(17)11-18(24)21-14(16-4-2-8-28-16)9-13(19-21)15-3-1-7-27-15/h1-8,10,14H,9,11H2. The van der Waals surface area contributed by atoms with Crippen molar-refractivity contribution >= 4 is 17.3 Å². The monoisotopic (exact) mass is 382 g/mol. The molecule has 10 nitrogen and oxygen atoms in total. The molecule has 0 aliphatic carbocycles. The quantitative estimate of drug-likeness (QED) is 0.493.